The van der Waals surface area contributed by atoms with Crippen molar-refractivity contribution in [1.29, 1.82) is 0 Å². The van der Waals surface area contributed by atoms with Crippen LogP contribution in [0.1, 0.15) is 5.56 Å². The molecule has 8 heteroatoms. The van der Waals surface area contributed by atoms with Gasteiger partial charge in [0.05, 0.1) is 10.0 Å². The molecule has 0 aromatic heterocycles. The van der Waals surface area contributed by atoms with Gasteiger partial charge in [-0.2, -0.15) is 0 Å². The van der Waals surface area contributed by atoms with Crippen molar-refractivity contribution in [2.24, 2.45) is 0 Å². The van der Waals surface area contributed by atoms with E-state index in [0.717, 1.165) is 10.0 Å². The lowest BCUT2D eigenvalue weighted by Gasteiger charge is -2.11. The minimum absolute atomic E-state index is 0.0449. The van der Waals surface area contributed by atoms with Crippen LogP contribution in [-0.4, -0.2) is 8.42 Å². The average Bonchev–Trinajstić information content (AvgIpc) is 2.39. The van der Waals surface area contributed by atoms with Gasteiger partial charge in [-0.3, -0.25) is 0 Å². The molecular formula is C13H8BrCl3O3S. The molecule has 2 aromatic carbocycles. The Hall–Kier alpha value is -0.460. The van der Waals surface area contributed by atoms with E-state index in [1.165, 1.54) is 12.1 Å². The van der Waals surface area contributed by atoms with Crippen molar-refractivity contribution < 1.29 is 13.2 Å². The van der Waals surface area contributed by atoms with Gasteiger partial charge in [-0.05, 0) is 12.1 Å². The van der Waals surface area contributed by atoms with E-state index in [1.54, 1.807) is 0 Å². The van der Waals surface area contributed by atoms with Crippen LogP contribution >= 0.6 is 49.8 Å². The predicted molar refractivity (Wildman–Crippen MR) is 88.0 cm³/mol. The lowest BCUT2D eigenvalue weighted by Crippen LogP contribution is -1.99. The number of benzene rings is 2. The summed E-state index contributed by atoms with van der Waals surface area (Å²) >= 11 is 15.3. The van der Waals surface area contributed by atoms with Crippen molar-refractivity contribution in [2.45, 2.75) is 11.5 Å². The van der Waals surface area contributed by atoms with Gasteiger partial charge < -0.3 is 4.74 Å². The minimum atomic E-state index is -3.95. The van der Waals surface area contributed by atoms with Crippen molar-refractivity contribution in [3.8, 4) is 5.75 Å². The molecule has 0 unspecified atom stereocenters. The molecule has 0 spiro atoms. The van der Waals surface area contributed by atoms with Crippen LogP contribution in [0.3, 0.4) is 0 Å². The van der Waals surface area contributed by atoms with E-state index in [0.29, 0.717) is 0 Å². The van der Waals surface area contributed by atoms with Crippen LogP contribution in [0.15, 0.2) is 45.8 Å². The topological polar surface area (TPSA) is 43.4 Å². The van der Waals surface area contributed by atoms with Crippen LogP contribution in [0.2, 0.25) is 10.0 Å². The van der Waals surface area contributed by atoms with Gasteiger partial charge in [0, 0.05) is 26.8 Å². The van der Waals surface area contributed by atoms with Gasteiger partial charge in [-0.25, -0.2) is 8.42 Å². The Morgan fingerprint density at radius 3 is 2.38 bits per heavy atom. The Bertz CT molecular complexity index is 778. The molecule has 0 amide bonds. The van der Waals surface area contributed by atoms with Crippen LogP contribution in [0.25, 0.3) is 0 Å². The lowest BCUT2D eigenvalue weighted by atomic mass is 10.2. The normalized spacial score (nSPS) is 11.4. The van der Waals surface area contributed by atoms with Crippen molar-refractivity contribution in [3.05, 3.63) is 56.5 Å². The zero-order valence-corrected chi connectivity index (χ0v) is 15.0. The molecule has 112 valence electrons. The maximum Gasteiger partial charge on any atom is 0.262 e. The Balaban J connectivity index is 2.26. The molecule has 0 N–H and O–H groups in total. The summed E-state index contributed by atoms with van der Waals surface area (Å²) in [5.74, 6) is 0.279. The average molecular weight is 431 g/mol. The molecule has 3 nitrogen and oxygen atoms in total. The molecule has 0 aliphatic rings. The maximum atomic E-state index is 11.3. The molecule has 21 heavy (non-hydrogen) atoms. The minimum Gasteiger partial charge on any atom is -0.487 e. The molecule has 0 fully saturated rings. The summed E-state index contributed by atoms with van der Waals surface area (Å²) < 4.78 is 29.1. The number of rotatable bonds is 4. The molecule has 2 aromatic rings. The second-order valence-electron chi connectivity index (χ2n) is 4.03. The summed E-state index contributed by atoms with van der Waals surface area (Å²) in [5.41, 5.74) is 0.915. The van der Waals surface area contributed by atoms with Gasteiger partial charge in [0.1, 0.15) is 17.3 Å². The molecule has 0 atom stereocenters. The molecule has 0 aliphatic heterocycles. The largest absolute Gasteiger partial charge is 0.487 e. The van der Waals surface area contributed by atoms with E-state index >= 15 is 0 Å². The highest BCUT2D eigenvalue weighted by Crippen LogP contribution is 2.35. The zero-order chi connectivity index (χ0) is 15.6. The van der Waals surface area contributed by atoms with Crippen molar-refractivity contribution in [3.63, 3.8) is 0 Å². The first-order valence-electron chi connectivity index (χ1n) is 5.59. The fourth-order valence-corrected chi connectivity index (χ4v) is 3.77. The second kappa shape index (κ2) is 6.75. The first-order valence-corrected chi connectivity index (χ1v) is 9.45. The second-order valence-corrected chi connectivity index (χ2v) is 8.23. The van der Waals surface area contributed by atoms with Crippen molar-refractivity contribution in [1.82, 2.24) is 0 Å². The predicted octanol–water partition coefficient (Wildman–Crippen LogP) is 5.26. The van der Waals surface area contributed by atoms with Crippen LogP contribution in [0.4, 0.5) is 0 Å². The Kier molecular flexibility index (Phi) is 5.43. The highest BCUT2D eigenvalue weighted by molar-refractivity contribution is 9.10. The van der Waals surface area contributed by atoms with Crippen molar-refractivity contribution >= 4 is 58.9 Å². The third kappa shape index (κ3) is 4.27. The van der Waals surface area contributed by atoms with Crippen LogP contribution in [0, 0.1) is 0 Å². The van der Waals surface area contributed by atoms with Gasteiger partial charge in [0.2, 0.25) is 0 Å². The first kappa shape index (κ1) is 16.9. The van der Waals surface area contributed by atoms with E-state index in [9.17, 15) is 8.42 Å². The van der Waals surface area contributed by atoms with Crippen LogP contribution in [-0.2, 0) is 15.7 Å². The third-order valence-corrected chi connectivity index (χ3v) is 5.45. The highest BCUT2D eigenvalue weighted by atomic mass is 79.9. The van der Waals surface area contributed by atoms with E-state index in [4.69, 9.17) is 38.6 Å². The molecule has 0 saturated carbocycles. The fraction of sp³-hybridized carbons (Fsp3) is 0.0769. The molecule has 0 bridgehead atoms. The smallest absolute Gasteiger partial charge is 0.262 e. The monoisotopic (exact) mass is 428 g/mol. The van der Waals surface area contributed by atoms with Gasteiger partial charge in [-0.1, -0.05) is 57.3 Å². The van der Waals surface area contributed by atoms with E-state index in [2.05, 4.69) is 15.9 Å². The van der Waals surface area contributed by atoms with Gasteiger partial charge >= 0.3 is 0 Å². The molecule has 0 aliphatic carbocycles. The quantitative estimate of drug-likeness (QED) is 0.621. The standard InChI is InChI=1S/C13H8BrCl3O3S/c14-9-4-2-1-3-8(9)7-20-12-5-11(16)13(6-10(12)15)21(17,18)19/h1-6H,7H2. The SMILES string of the molecule is O=S(=O)(Cl)c1cc(Cl)c(OCc2ccccc2Br)cc1Cl. The molecule has 0 saturated heterocycles. The summed E-state index contributed by atoms with van der Waals surface area (Å²) in [6.07, 6.45) is 0. The number of hydrogen-bond donors (Lipinski definition) is 0. The summed E-state index contributed by atoms with van der Waals surface area (Å²) in [4.78, 5) is -0.246. The number of halogens is 4. The lowest BCUT2D eigenvalue weighted by molar-refractivity contribution is 0.305. The van der Waals surface area contributed by atoms with Crippen LogP contribution < -0.4 is 4.74 Å². The number of ether oxygens (including phenoxy) is 1. The first-order chi connectivity index (χ1) is 9.79. The van der Waals surface area contributed by atoms with Gasteiger partial charge in [-0.15, -0.1) is 0 Å². The summed E-state index contributed by atoms with van der Waals surface area (Å²) in [6, 6.07) is 10.0. The Morgan fingerprint density at radius 2 is 1.76 bits per heavy atom. The zero-order valence-electron chi connectivity index (χ0n) is 10.3. The highest BCUT2D eigenvalue weighted by Gasteiger charge is 2.18. The van der Waals surface area contributed by atoms with E-state index < -0.39 is 9.05 Å². The summed E-state index contributed by atoms with van der Waals surface area (Å²) in [5, 5.41) is 0.0715. The molecule has 0 radical (unpaired) electrons. The van der Waals surface area contributed by atoms with Gasteiger partial charge in [0.15, 0.2) is 0 Å². The van der Waals surface area contributed by atoms with E-state index in [-0.39, 0.29) is 27.3 Å². The molecular weight excluding hydrogens is 422 g/mol. The third-order valence-electron chi connectivity index (χ3n) is 2.59. The summed E-state index contributed by atoms with van der Waals surface area (Å²) in [7, 11) is 1.31. The maximum absolute atomic E-state index is 11.3. The van der Waals surface area contributed by atoms with Crippen LogP contribution in [0.5, 0.6) is 5.75 Å². The fourth-order valence-electron chi connectivity index (χ4n) is 1.58. The Morgan fingerprint density at radius 1 is 1.10 bits per heavy atom. The Labute approximate surface area is 145 Å². The van der Waals surface area contributed by atoms with Crippen molar-refractivity contribution in [2.75, 3.05) is 0 Å². The molecule has 2 rings (SSSR count). The number of hydrogen-bond acceptors (Lipinski definition) is 3. The van der Waals surface area contributed by atoms with E-state index in [1.807, 2.05) is 24.3 Å². The van der Waals surface area contributed by atoms with Gasteiger partial charge in [0.25, 0.3) is 9.05 Å². The molecule has 0 heterocycles. The summed E-state index contributed by atoms with van der Waals surface area (Å²) in [6.45, 7) is 0.254.